The first-order valence-electron chi connectivity index (χ1n) is 6.45. The number of imide groups is 1. The molecule has 1 N–H and O–H groups in total. The number of aromatic nitrogens is 2. The molecule has 0 fully saturated rings. The maximum absolute atomic E-state index is 11.8. The number of carbonyl (C=O) groups excluding carboxylic acids is 3. The van der Waals surface area contributed by atoms with Gasteiger partial charge in [0, 0.05) is 13.2 Å². The number of nitrogens with zero attached hydrogens (tertiary/aromatic N) is 2. The molecule has 22 heavy (non-hydrogen) atoms. The van der Waals surface area contributed by atoms with E-state index in [9.17, 15) is 14.4 Å². The van der Waals surface area contributed by atoms with Crippen LogP contribution >= 0.6 is 11.3 Å². The second kappa shape index (κ2) is 6.52. The van der Waals surface area contributed by atoms with E-state index in [2.05, 4.69) is 10.3 Å². The summed E-state index contributed by atoms with van der Waals surface area (Å²) in [6, 6.07) is 3.27. The Hall–Kier alpha value is -2.48. The predicted molar refractivity (Wildman–Crippen MR) is 79.8 cm³/mol. The summed E-state index contributed by atoms with van der Waals surface area (Å²) in [7, 11) is 1.69. The molecule has 0 aromatic carbocycles. The van der Waals surface area contributed by atoms with E-state index >= 15 is 0 Å². The van der Waals surface area contributed by atoms with Crippen molar-refractivity contribution in [3.63, 3.8) is 0 Å². The van der Waals surface area contributed by atoms with Crippen molar-refractivity contribution >= 4 is 29.1 Å². The average molecular weight is 321 g/mol. The highest BCUT2D eigenvalue weighted by atomic mass is 32.1. The van der Waals surface area contributed by atoms with E-state index in [1.807, 2.05) is 0 Å². The first-order chi connectivity index (χ1) is 10.4. The minimum absolute atomic E-state index is 0.341. The zero-order valence-corrected chi connectivity index (χ0v) is 13.2. The summed E-state index contributed by atoms with van der Waals surface area (Å²) in [5.41, 5.74) is 0.904. The largest absolute Gasteiger partial charge is 0.451 e. The summed E-state index contributed by atoms with van der Waals surface area (Å²) < 4.78 is 6.47. The van der Waals surface area contributed by atoms with Crippen molar-refractivity contribution < 1.29 is 19.1 Å². The molecule has 0 unspecified atom stereocenters. The Kier molecular flexibility index (Phi) is 4.71. The zero-order chi connectivity index (χ0) is 16.3. The number of aryl methyl sites for hydroxylation is 3. The third-order valence-electron chi connectivity index (χ3n) is 2.85. The van der Waals surface area contributed by atoms with Gasteiger partial charge in [0.1, 0.15) is 10.6 Å². The normalized spacial score (nSPS) is 10.3. The molecule has 0 aliphatic rings. The Balaban J connectivity index is 1.88. The minimum Gasteiger partial charge on any atom is -0.451 e. The van der Waals surface area contributed by atoms with Crippen molar-refractivity contribution in [2.24, 2.45) is 7.05 Å². The van der Waals surface area contributed by atoms with Crippen LogP contribution in [0.3, 0.4) is 0 Å². The van der Waals surface area contributed by atoms with Crippen LogP contribution in [0.2, 0.25) is 0 Å². The van der Waals surface area contributed by atoms with Crippen molar-refractivity contribution in [2.75, 3.05) is 6.61 Å². The van der Waals surface area contributed by atoms with Crippen LogP contribution in [0.25, 0.3) is 0 Å². The molecule has 0 aliphatic heterocycles. The Bertz CT molecular complexity index is 732. The molecule has 8 heteroatoms. The number of hydrogen-bond donors (Lipinski definition) is 1. The maximum Gasteiger partial charge on any atom is 0.350 e. The lowest BCUT2D eigenvalue weighted by molar-refractivity contribution is -0.123. The third kappa shape index (κ3) is 3.59. The molecular weight excluding hydrogens is 306 g/mol. The third-order valence-corrected chi connectivity index (χ3v) is 3.91. The summed E-state index contributed by atoms with van der Waals surface area (Å²) in [4.78, 5) is 39.8. The van der Waals surface area contributed by atoms with E-state index in [-0.39, 0.29) is 0 Å². The van der Waals surface area contributed by atoms with Crippen LogP contribution in [-0.2, 0) is 16.6 Å². The van der Waals surface area contributed by atoms with E-state index in [1.165, 1.54) is 11.3 Å². The Labute approximate surface area is 130 Å². The molecule has 0 atom stereocenters. The fourth-order valence-corrected chi connectivity index (χ4v) is 2.65. The molecule has 2 amide bonds. The second-order valence-electron chi connectivity index (χ2n) is 4.61. The topological polar surface area (TPSA) is 90.3 Å². The molecule has 116 valence electrons. The second-order valence-corrected chi connectivity index (χ2v) is 5.81. The van der Waals surface area contributed by atoms with Gasteiger partial charge in [-0.1, -0.05) is 0 Å². The monoisotopic (exact) mass is 321 g/mol. The maximum atomic E-state index is 11.8. The first kappa shape index (κ1) is 15.9. The van der Waals surface area contributed by atoms with Crippen molar-refractivity contribution in [2.45, 2.75) is 13.8 Å². The standard InChI is InChI=1S/C14H15N3O4S/c1-8-12(22-9(2)15-8)14(20)21-7-11(18)16-13(19)10-5-4-6-17(10)3/h4-6H,7H2,1-3H3,(H,16,18,19). The van der Waals surface area contributed by atoms with Gasteiger partial charge in [0.25, 0.3) is 11.8 Å². The number of amides is 2. The molecule has 0 bridgehead atoms. The van der Waals surface area contributed by atoms with Gasteiger partial charge in [-0.3, -0.25) is 14.9 Å². The predicted octanol–water partition coefficient (Wildman–Crippen LogP) is 1.21. The molecule has 0 saturated carbocycles. The molecule has 2 aromatic rings. The molecule has 7 nitrogen and oxygen atoms in total. The van der Waals surface area contributed by atoms with Crippen molar-refractivity contribution in [3.05, 3.63) is 39.6 Å². The fourth-order valence-electron chi connectivity index (χ4n) is 1.84. The molecular formula is C14H15N3O4S. The summed E-state index contributed by atoms with van der Waals surface area (Å²) >= 11 is 1.20. The molecule has 0 spiro atoms. The molecule has 2 aromatic heterocycles. The van der Waals surface area contributed by atoms with Gasteiger partial charge in [-0.05, 0) is 26.0 Å². The van der Waals surface area contributed by atoms with Crippen LogP contribution in [0.4, 0.5) is 0 Å². The average Bonchev–Trinajstić information content (AvgIpc) is 3.01. The highest BCUT2D eigenvalue weighted by Gasteiger charge is 2.18. The van der Waals surface area contributed by atoms with Gasteiger partial charge in [0.2, 0.25) is 0 Å². The van der Waals surface area contributed by atoms with E-state index in [4.69, 9.17) is 4.74 Å². The fraction of sp³-hybridized carbons (Fsp3) is 0.286. The molecule has 2 rings (SSSR count). The van der Waals surface area contributed by atoms with Gasteiger partial charge in [0.15, 0.2) is 6.61 Å². The van der Waals surface area contributed by atoms with Crippen molar-refractivity contribution in [1.82, 2.24) is 14.9 Å². The van der Waals surface area contributed by atoms with Crippen LogP contribution in [-0.4, -0.2) is 33.9 Å². The lowest BCUT2D eigenvalue weighted by atomic mass is 10.4. The van der Waals surface area contributed by atoms with Crippen LogP contribution in [0.15, 0.2) is 18.3 Å². The van der Waals surface area contributed by atoms with Crippen LogP contribution in [0.1, 0.15) is 30.9 Å². The van der Waals surface area contributed by atoms with E-state index in [0.29, 0.717) is 16.3 Å². The highest BCUT2D eigenvalue weighted by Crippen LogP contribution is 2.17. The summed E-state index contributed by atoms with van der Waals surface area (Å²) in [5, 5.41) is 2.90. The van der Waals surface area contributed by atoms with Crippen molar-refractivity contribution in [3.8, 4) is 0 Å². The van der Waals surface area contributed by atoms with Crippen molar-refractivity contribution in [1.29, 1.82) is 0 Å². The van der Waals surface area contributed by atoms with Gasteiger partial charge < -0.3 is 9.30 Å². The molecule has 0 radical (unpaired) electrons. The number of rotatable bonds is 4. The zero-order valence-electron chi connectivity index (χ0n) is 12.4. The molecule has 2 heterocycles. The number of nitrogens with one attached hydrogen (secondary N) is 1. The van der Waals surface area contributed by atoms with Gasteiger partial charge in [-0.25, -0.2) is 9.78 Å². The summed E-state index contributed by atoms with van der Waals surface area (Å²) in [6.45, 7) is 2.95. The lowest BCUT2D eigenvalue weighted by Crippen LogP contribution is -2.35. The summed E-state index contributed by atoms with van der Waals surface area (Å²) in [5.74, 6) is -1.85. The Morgan fingerprint density at radius 2 is 2.09 bits per heavy atom. The van der Waals surface area contributed by atoms with E-state index in [1.54, 1.807) is 43.8 Å². The Morgan fingerprint density at radius 1 is 1.36 bits per heavy atom. The quantitative estimate of drug-likeness (QED) is 0.855. The van der Waals surface area contributed by atoms with Crippen LogP contribution in [0.5, 0.6) is 0 Å². The van der Waals surface area contributed by atoms with Gasteiger partial charge in [-0.15, -0.1) is 11.3 Å². The minimum atomic E-state index is -0.682. The molecule has 0 aliphatic carbocycles. The van der Waals surface area contributed by atoms with Crippen LogP contribution < -0.4 is 5.32 Å². The number of carbonyl (C=O) groups is 3. The summed E-state index contributed by atoms with van der Waals surface area (Å²) in [6.07, 6.45) is 1.69. The lowest BCUT2D eigenvalue weighted by Gasteiger charge is -2.06. The number of thiazole rings is 1. The number of hydrogen-bond acceptors (Lipinski definition) is 6. The number of ether oxygens (including phenoxy) is 1. The number of esters is 1. The first-order valence-corrected chi connectivity index (χ1v) is 7.27. The SMILES string of the molecule is Cc1nc(C)c(C(=O)OCC(=O)NC(=O)c2cccn2C)s1. The van der Waals surface area contributed by atoms with Gasteiger partial charge in [-0.2, -0.15) is 0 Å². The van der Waals surface area contributed by atoms with Gasteiger partial charge >= 0.3 is 5.97 Å². The molecule has 0 saturated heterocycles. The Morgan fingerprint density at radius 3 is 2.64 bits per heavy atom. The van der Waals surface area contributed by atoms with E-state index in [0.717, 1.165) is 5.01 Å². The van der Waals surface area contributed by atoms with Gasteiger partial charge in [0.05, 0.1) is 10.7 Å². The smallest absolute Gasteiger partial charge is 0.350 e. The van der Waals surface area contributed by atoms with E-state index < -0.39 is 24.4 Å². The highest BCUT2D eigenvalue weighted by molar-refractivity contribution is 7.13. The van der Waals surface area contributed by atoms with Crippen LogP contribution in [0, 0.1) is 13.8 Å².